The van der Waals surface area contributed by atoms with Gasteiger partial charge in [0.1, 0.15) is 6.29 Å². The number of aldehydes is 1. The number of pyridine rings is 1. The molecule has 1 aromatic heterocycles. The van der Waals surface area contributed by atoms with Crippen molar-refractivity contribution in [2.24, 2.45) is 0 Å². The molecule has 2 rings (SSSR count). The minimum atomic E-state index is -4.34. The third-order valence-corrected chi connectivity index (χ3v) is 2.83. The zero-order valence-electron chi connectivity index (χ0n) is 10.5. The maximum atomic E-state index is 12.5. The monoisotopic (exact) mass is 279 g/mol. The lowest BCUT2D eigenvalue weighted by Crippen LogP contribution is -2.04. The second-order valence-corrected chi connectivity index (χ2v) is 4.29. The highest BCUT2D eigenvalue weighted by molar-refractivity contribution is 5.59. The Bertz CT molecular complexity index is 591. The molecule has 0 aliphatic heterocycles. The summed E-state index contributed by atoms with van der Waals surface area (Å²) in [4.78, 5) is 14.7. The van der Waals surface area contributed by atoms with E-state index in [2.05, 4.69) is 4.98 Å². The first-order chi connectivity index (χ1) is 9.50. The van der Waals surface area contributed by atoms with Gasteiger partial charge in [-0.15, -0.1) is 0 Å². The number of aryl methyl sites for hydroxylation is 1. The van der Waals surface area contributed by atoms with Crippen molar-refractivity contribution in [3.8, 4) is 11.3 Å². The number of rotatable bonds is 4. The number of hydrogen-bond donors (Lipinski definition) is 0. The van der Waals surface area contributed by atoms with Gasteiger partial charge < -0.3 is 4.79 Å². The van der Waals surface area contributed by atoms with Crippen molar-refractivity contribution < 1.29 is 18.0 Å². The molecule has 104 valence electrons. The molecular formula is C15H12F3NO. The molecule has 0 amide bonds. The fourth-order valence-electron chi connectivity index (χ4n) is 1.82. The van der Waals surface area contributed by atoms with Crippen molar-refractivity contribution in [1.29, 1.82) is 0 Å². The zero-order chi connectivity index (χ0) is 14.6. The average Bonchev–Trinajstić information content (AvgIpc) is 2.45. The van der Waals surface area contributed by atoms with Crippen LogP contribution in [0.2, 0.25) is 0 Å². The van der Waals surface area contributed by atoms with Gasteiger partial charge in [0.2, 0.25) is 0 Å². The van der Waals surface area contributed by atoms with Crippen molar-refractivity contribution >= 4 is 6.29 Å². The van der Waals surface area contributed by atoms with Gasteiger partial charge in [-0.3, -0.25) is 4.98 Å². The molecule has 0 saturated heterocycles. The minimum Gasteiger partial charge on any atom is -0.303 e. The standard InChI is InChI=1S/C15H12F3NO/c16-15(17,18)12-8-6-11(7-9-12)14-5-1-3-13(19-14)4-2-10-20/h1,3,5-10H,2,4H2. The first kappa shape index (κ1) is 14.2. The number of carbonyl (C=O) groups is 1. The number of carbonyl (C=O) groups excluding carboxylic acids is 1. The summed E-state index contributed by atoms with van der Waals surface area (Å²) in [6.45, 7) is 0. The van der Waals surface area contributed by atoms with Crippen LogP contribution in [0.1, 0.15) is 17.7 Å². The average molecular weight is 279 g/mol. The fraction of sp³-hybridized carbons (Fsp3) is 0.200. The van der Waals surface area contributed by atoms with Crippen molar-refractivity contribution in [3.05, 3.63) is 53.7 Å². The highest BCUT2D eigenvalue weighted by Crippen LogP contribution is 2.30. The van der Waals surface area contributed by atoms with E-state index < -0.39 is 11.7 Å². The summed E-state index contributed by atoms with van der Waals surface area (Å²) < 4.78 is 37.4. The number of alkyl halides is 3. The SMILES string of the molecule is O=CCCc1cccc(-c2ccc(C(F)(F)F)cc2)n1. The zero-order valence-corrected chi connectivity index (χ0v) is 10.5. The molecule has 5 heteroatoms. The van der Waals surface area contributed by atoms with Crippen LogP contribution < -0.4 is 0 Å². The smallest absolute Gasteiger partial charge is 0.303 e. The van der Waals surface area contributed by atoms with E-state index >= 15 is 0 Å². The summed E-state index contributed by atoms with van der Waals surface area (Å²) in [6, 6.07) is 10.2. The Balaban J connectivity index is 2.25. The summed E-state index contributed by atoms with van der Waals surface area (Å²) in [7, 11) is 0. The second-order valence-electron chi connectivity index (χ2n) is 4.29. The Morgan fingerprint density at radius 3 is 2.35 bits per heavy atom. The third kappa shape index (κ3) is 3.44. The highest BCUT2D eigenvalue weighted by Gasteiger charge is 2.29. The molecule has 2 aromatic rings. The van der Waals surface area contributed by atoms with Gasteiger partial charge in [0.15, 0.2) is 0 Å². The van der Waals surface area contributed by atoms with Crippen LogP contribution in [0.3, 0.4) is 0 Å². The lowest BCUT2D eigenvalue weighted by molar-refractivity contribution is -0.137. The molecule has 0 unspecified atom stereocenters. The third-order valence-electron chi connectivity index (χ3n) is 2.83. The van der Waals surface area contributed by atoms with Gasteiger partial charge in [0.25, 0.3) is 0 Å². The molecule has 0 aliphatic carbocycles. The number of halogens is 3. The number of aromatic nitrogens is 1. The van der Waals surface area contributed by atoms with Gasteiger partial charge in [0, 0.05) is 17.7 Å². The van der Waals surface area contributed by atoms with E-state index in [1.807, 2.05) is 0 Å². The van der Waals surface area contributed by atoms with Gasteiger partial charge in [-0.25, -0.2) is 0 Å². The Morgan fingerprint density at radius 1 is 1.05 bits per heavy atom. The first-order valence-electron chi connectivity index (χ1n) is 6.08. The van der Waals surface area contributed by atoms with Crippen LogP contribution in [0.5, 0.6) is 0 Å². The summed E-state index contributed by atoms with van der Waals surface area (Å²) >= 11 is 0. The van der Waals surface area contributed by atoms with Crippen molar-refractivity contribution in [3.63, 3.8) is 0 Å². The summed E-state index contributed by atoms with van der Waals surface area (Å²) in [5, 5.41) is 0. The molecule has 20 heavy (non-hydrogen) atoms. The number of benzene rings is 1. The summed E-state index contributed by atoms with van der Waals surface area (Å²) in [5.41, 5.74) is 1.28. The van der Waals surface area contributed by atoms with Crippen LogP contribution in [-0.2, 0) is 17.4 Å². The molecule has 0 aliphatic rings. The van der Waals surface area contributed by atoms with Crippen LogP contribution in [-0.4, -0.2) is 11.3 Å². The molecule has 2 nitrogen and oxygen atoms in total. The lowest BCUT2D eigenvalue weighted by Gasteiger charge is -2.08. The highest BCUT2D eigenvalue weighted by atomic mass is 19.4. The summed E-state index contributed by atoms with van der Waals surface area (Å²) in [5.74, 6) is 0. The maximum Gasteiger partial charge on any atom is 0.416 e. The Kier molecular flexibility index (Phi) is 4.17. The van der Waals surface area contributed by atoms with E-state index in [9.17, 15) is 18.0 Å². The number of hydrogen-bond acceptors (Lipinski definition) is 2. The van der Waals surface area contributed by atoms with Crippen LogP contribution in [0.15, 0.2) is 42.5 Å². The molecule has 1 heterocycles. The van der Waals surface area contributed by atoms with Crippen molar-refractivity contribution in [2.75, 3.05) is 0 Å². The van der Waals surface area contributed by atoms with Crippen LogP contribution >= 0.6 is 0 Å². The second kappa shape index (κ2) is 5.86. The Labute approximate surface area is 114 Å². The van der Waals surface area contributed by atoms with E-state index in [0.717, 1.165) is 24.1 Å². The fourth-order valence-corrected chi connectivity index (χ4v) is 1.82. The molecule has 0 saturated carbocycles. The number of nitrogens with zero attached hydrogens (tertiary/aromatic N) is 1. The molecule has 0 radical (unpaired) electrons. The normalized spacial score (nSPS) is 11.3. The van der Waals surface area contributed by atoms with Crippen LogP contribution in [0.25, 0.3) is 11.3 Å². The lowest BCUT2D eigenvalue weighted by atomic mass is 10.1. The van der Waals surface area contributed by atoms with Crippen LogP contribution in [0, 0.1) is 0 Å². The predicted octanol–water partition coefficient (Wildman–Crippen LogP) is 3.90. The Hall–Kier alpha value is -2.17. The molecule has 0 fully saturated rings. The van der Waals surface area contributed by atoms with E-state index in [-0.39, 0.29) is 0 Å². The minimum absolute atomic E-state index is 0.378. The molecule has 0 bridgehead atoms. The van der Waals surface area contributed by atoms with E-state index in [1.165, 1.54) is 12.1 Å². The predicted molar refractivity (Wildman–Crippen MR) is 69.1 cm³/mol. The Morgan fingerprint density at radius 2 is 1.75 bits per heavy atom. The molecule has 1 aromatic carbocycles. The first-order valence-corrected chi connectivity index (χ1v) is 6.08. The van der Waals surface area contributed by atoms with E-state index in [0.29, 0.717) is 24.1 Å². The molecular weight excluding hydrogens is 267 g/mol. The van der Waals surface area contributed by atoms with Gasteiger partial charge in [-0.1, -0.05) is 18.2 Å². The van der Waals surface area contributed by atoms with Gasteiger partial charge in [-0.2, -0.15) is 13.2 Å². The maximum absolute atomic E-state index is 12.5. The van der Waals surface area contributed by atoms with Crippen LogP contribution in [0.4, 0.5) is 13.2 Å². The van der Waals surface area contributed by atoms with Gasteiger partial charge >= 0.3 is 6.18 Å². The topological polar surface area (TPSA) is 30.0 Å². The van der Waals surface area contributed by atoms with Crippen molar-refractivity contribution in [1.82, 2.24) is 4.98 Å². The molecule has 0 N–H and O–H groups in total. The van der Waals surface area contributed by atoms with Crippen molar-refractivity contribution in [2.45, 2.75) is 19.0 Å². The summed E-state index contributed by atoms with van der Waals surface area (Å²) in [6.07, 6.45) is -2.62. The van der Waals surface area contributed by atoms with E-state index in [1.54, 1.807) is 18.2 Å². The molecule has 0 atom stereocenters. The van der Waals surface area contributed by atoms with E-state index in [4.69, 9.17) is 0 Å². The van der Waals surface area contributed by atoms with Gasteiger partial charge in [-0.05, 0) is 30.7 Å². The van der Waals surface area contributed by atoms with Gasteiger partial charge in [0.05, 0.1) is 11.3 Å². The quantitative estimate of drug-likeness (QED) is 0.794. The largest absolute Gasteiger partial charge is 0.416 e. The molecule has 0 spiro atoms.